The molecule has 1 unspecified atom stereocenters. The summed E-state index contributed by atoms with van der Waals surface area (Å²) in [6, 6.07) is 0. The molecule has 2 rings (SSSR count). The molecule has 98 valence electrons. The molecule has 1 aliphatic heterocycles. The number of aliphatic hydroxyl groups excluding tert-OH is 1. The van der Waals surface area contributed by atoms with Gasteiger partial charge in [0.15, 0.2) is 0 Å². The molecular formula is C13H23NO3. The average molecular weight is 241 g/mol. The van der Waals surface area contributed by atoms with Crippen LogP contribution in [0.25, 0.3) is 0 Å². The monoisotopic (exact) mass is 241 g/mol. The van der Waals surface area contributed by atoms with Gasteiger partial charge in [0.2, 0.25) is 0 Å². The number of likely N-dealkylation sites (tertiary alicyclic amines) is 1. The van der Waals surface area contributed by atoms with Gasteiger partial charge >= 0.3 is 6.09 Å². The van der Waals surface area contributed by atoms with Gasteiger partial charge in [-0.05, 0) is 40.0 Å². The standard InChI is InChI=1S/C13H23NO3/c1-12(2,3)17-11(16)14-8-5-10(15)13(9-14)6-4-7-13/h10,15H,4-9H2,1-3H3. The maximum Gasteiger partial charge on any atom is 0.410 e. The van der Waals surface area contributed by atoms with E-state index < -0.39 is 5.60 Å². The Morgan fingerprint density at radius 3 is 2.53 bits per heavy atom. The summed E-state index contributed by atoms with van der Waals surface area (Å²) >= 11 is 0. The largest absolute Gasteiger partial charge is 0.444 e. The van der Waals surface area contributed by atoms with Crippen LogP contribution in [-0.4, -0.2) is 40.9 Å². The lowest BCUT2D eigenvalue weighted by atomic mass is 9.62. The summed E-state index contributed by atoms with van der Waals surface area (Å²) in [6.07, 6.45) is 3.44. The zero-order valence-corrected chi connectivity index (χ0v) is 11.0. The van der Waals surface area contributed by atoms with Crippen LogP contribution in [0.5, 0.6) is 0 Å². The Hall–Kier alpha value is -0.770. The van der Waals surface area contributed by atoms with E-state index in [0.29, 0.717) is 19.5 Å². The summed E-state index contributed by atoms with van der Waals surface area (Å²) < 4.78 is 5.38. The molecule has 1 aliphatic carbocycles. The summed E-state index contributed by atoms with van der Waals surface area (Å²) in [5.74, 6) is 0. The molecule has 1 saturated heterocycles. The molecule has 1 heterocycles. The van der Waals surface area contributed by atoms with Gasteiger partial charge in [-0.1, -0.05) is 6.42 Å². The SMILES string of the molecule is CC(C)(C)OC(=O)N1CCC(O)C2(CCC2)C1. The molecule has 0 aromatic heterocycles. The lowest BCUT2D eigenvalue weighted by molar-refractivity contribution is -0.0925. The third-order valence-electron chi connectivity index (χ3n) is 3.89. The molecule has 0 aromatic rings. The number of carbonyl (C=O) groups excluding carboxylic acids is 1. The highest BCUT2D eigenvalue weighted by molar-refractivity contribution is 5.68. The first-order valence-corrected chi connectivity index (χ1v) is 6.48. The van der Waals surface area contributed by atoms with E-state index in [4.69, 9.17) is 4.74 Å². The Morgan fingerprint density at radius 1 is 1.41 bits per heavy atom. The van der Waals surface area contributed by atoms with Crippen LogP contribution in [0, 0.1) is 5.41 Å². The van der Waals surface area contributed by atoms with Crippen molar-refractivity contribution in [3.8, 4) is 0 Å². The van der Waals surface area contributed by atoms with Crippen LogP contribution < -0.4 is 0 Å². The highest BCUT2D eigenvalue weighted by Gasteiger charge is 2.48. The molecular weight excluding hydrogens is 218 g/mol. The van der Waals surface area contributed by atoms with E-state index in [1.165, 1.54) is 6.42 Å². The van der Waals surface area contributed by atoms with E-state index in [1.54, 1.807) is 4.90 Å². The third kappa shape index (κ3) is 2.57. The fraction of sp³-hybridized carbons (Fsp3) is 0.923. The maximum atomic E-state index is 12.0. The van der Waals surface area contributed by atoms with Gasteiger partial charge < -0.3 is 14.7 Å². The molecule has 0 aromatic carbocycles. The van der Waals surface area contributed by atoms with Crippen molar-refractivity contribution in [1.29, 1.82) is 0 Å². The number of carbonyl (C=O) groups is 1. The van der Waals surface area contributed by atoms with Gasteiger partial charge in [0, 0.05) is 18.5 Å². The second-order valence-electron chi connectivity index (χ2n) is 6.42. The Balaban J connectivity index is 1.97. The van der Waals surface area contributed by atoms with Crippen molar-refractivity contribution in [3.05, 3.63) is 0 Å². The number of rotatable bonds is 0. The second kappa shape index (κ2) is 4.16. The van der Waals surface area contributed by atoms with Gasteiger partial charge in [-0.15, -0.1) is 0 Å². The molecule has 1 N–H and O–H groups in total. The predicted molar refractivity (Wildman–Crippen MR) is 64.7 cm³/mol. The Kier molecular flexibility index (Phi) is 3.10. The first-order chi connectivity index (χ1) is 7.82. The Morgan fingerprint density at radius 2 is 2.06 bits per heavy atom. The van der Waals surface area contributed by atoms with Crippen molar-refractivity contribution in [3.63, 3.8) is 0 Å². The van der Waals surface area contributed by atoms with Crippen molar-refractivity contribution >= 4 is 6.09 Å². The molecule has 1 saturated carbocycles. The Labute approximate surface area is 103 Å². The van der Waals surface area contributed by atoms with Crippen LogP contribution in [0.1, 0.15) is 46.5 Å². The van der Waals surface area contributed by atoms with Crippen LogP contribution in [0.2, 0.25) is 0 Å². The second-order valence-corrected chi connectivity index (χ2v) is 6.42. The summed E-state index contributed by atoms with van der Waals surface area (Å²) in [6.45, 7) is 6.90. The molecule has 4 nitrogen and oxygen atoms in total. The molecule has 0 bridgehead atoms. The number of nitrogens with zero attached hydrogens (tertiary/aromatic N) is 1. The minimum Gasteiger partial charge on any atom is -0.444 e. The topological polar surface area (TPSA) is 49.8 Å². The first-order valence-electron chi connectivity index (χ1n) is 6.48. The van der Waals surface area contributed by atoms with E-state index in [9.17, 15) is 9.90 Å². The molecule has 2 aliphatic rings. The van der Waals surface area contributed by atoms with E-state index in [0.717, 1.165) is 12.8 Å². The van der Waals surface area contributed by atoms with Crippen molar-refractivity contribution in [2.75, 3.05) is 13.1 Å². The maximum absolute atomic E-state index is 12.0. The fourth-order valence-corrected chi connectivity index (χ4v) is 2.75. The molecule has 2 fully saturated rings. The molecule has 1 spiro atoms. The van der Waals surface area contributed by atoms with Gasteiger partial charge in [-0.2, -0.15) is 0 Å². The summed E-state index contributed by atoms with van der Waals surface area (Å²) in [5.41, 5.74) is -0.477. The highest BCUT2D eigenvalue weighted by atomic mass is 16.6. The van der Waals surface area contributed by atoms with Crippen LogP contribution in [0.4, 0.5) is 4.79 Å². The molecule has 1 atom stereocenters. The number of piperidine rings is 1. The number of ether oxygens (including phenoxy) is 1. The number of hydrogen-bond acceptors (Lipinski definition) is 3. The minimum absolute atomic E-state index is 0.0326. The molecule has 1 amide bonds. The van der Waals surface area contributed by atoms with Crippen molar-refractivity contribution < 1.29 is 14.6 Å². The van der Waals surface area contributed by atoms with Crippen LogP contribution in [-0.2, 0) is 4.74 Å². The highest BCUT2D eigenvalue weighted by Crippen LogP contribution is 2.47. The minimum atomic E-state index is -0.445. The molecule has 4 heteroatoms. The molecule has 0 radical (unpaired) electrons. The summed E-state index contributed by atoms with van der Waals surface area (Å²) in [5, 5.41) is 10.0. The van der Waals surface area contributed by atoms with Crippen molar-refractivity contribution in [2.24, 2.45) is 5.41 Å². The van der Waals surface area contributed by atoms with E-state index >= 15 is 0 Å². The van der Waals surface area contributed by atoms with Crippen molar-refractivity contribution in [2.45, 2.75) is 58.2 Å². The zero-order chi connectivity index (χ0) is 12.7. The van der Waals surface area contributed by atoms with E-state index in [1.807, 2.05) is 20.8 Å². The lowest BCUT2D eigenvalue weighted by Crippen LogP contribution is -2.57. The van der Waals surface area contributed by atoms with Crippen LogP contribution >= 0.6 is 0 Å². The van der Waals surface area contributed by atoms with Crippen LogP contribution in [0.15, 0.2) is 0 Å². The fourth-order valence-electron chi connectivity index (χ4n) is 2.75. The third-order valence-corrected chi connectivity index (χ3v) is 3.89. The summed E-state index contributed by atoms with van der Waals surface area (Å²) in [4.78, 5) is 13.7. The van der Waals surface area contributed by atoms with Gasteiger partial charge in [0.05, 0.1) is 6.10 Å². The number of amides is 1. The van der Waals surface area contributed by atoms with Gasteiger partial charge in [-0.25, -0.2) is 4.79 Å². The number of aliphatic hydroxyl groups is 1. The normalized spacial score (nSPS) is 27.8. The summed E-state index contributed by atoms with van der Waals surface area (Å²) in [7, 11) is 0. The average Bonchev–Trinajstić information content (AvgIpc) is 2.13. The van der Waals surface area contributed by atoms with Crippen molar-refractivity contribution in [1.82, 2.24) is 4.90 Å². The van der Waals surface area contributed by atoms with Gasteiger partial charge in [0.25, 0.3) is 0 Å². The molecule has 17 heavy (non-hydrogen) atoms. The smallest absolute Gasteiger partial charge is 0.410 e. The van der Waals surface area contributed by atoms with Gasteiger partial charge in [-0.3, -0.25) is 0 Å². The number of hydrogen-bond donors (Lipinski definition) is 1. The quantitative estimate of drug-likeness (QED) is 0.707. The first kappa shape index (κ1) is 12.7. The predicted octanol–water partition coefficient (Wildman–Crippen LogP) is 2.16. The lowest BCUT2D eigenvalue weighted by Gasteiger charge is -2.51. The van der Waals surface area contributed by atoms with E-state index in [2.05, 4.69) is 0 Å². The van der Waals surface area contributed by atoms with Crippen LogP contribution in [0.3, 0.4) is 0 Å². The van der Waals surface area contributed by atoms with E-state index in [-0.39, 0.29) is 17.6 Å². The Bertz CT molecular complexity index is 304. The zero-order valence-electron chi connectivity index (χ0n) is 11.0. The van der Waals surface area contributed by atoms with Gasteiger partial charge in [0.1, 0.15) is 5.60 Å².